The Kier molecular flexibility index (Phi) is 3.39. The molecule has 2 aromatic heterocycles. The lowest BCUT2D eigenvalue weighted by Gasteiger charge is -2.09. The van der Waals surface area contributed by atoms with Crippen molar-refractivity contribution >= 4 is 17.4 Å². The van der Waals surface area contributed by atoms with Crippen LogP contribution in [0.4, 0.5) is 5.82 Å². The van der Waals surface area contributed by atoms with E-state index in [-0.39, 0.29) is 0 Å². The third-order valence-corrected chi connectivity index (χ3v) is 3.46. The third kappa shape index (κ3) is 2.51. The van der Waals surface area contributed by atoms with Gasteiger partial charge in [-0.15, -0.1) is 0 Å². The summed E-state index contributed by atoms with van der Waals surface area (Å²) in [6, 6.07) is 11.5. The maximum absolute atomic E-state index is 6.20. The molecule has 0 saturated heterocycles. The zero-order chi connectivity index (χ0) is 13.9. The van der Waals surface area contributed by atoms with Crippen molar-refractivity contribution in [1.82, 2.24) is 14.5 Å². The van der Waals surface area contributed by atoms with Gasteiger partial charge in [-0.05, 0) is 23.8 Å². The van der Waals surface area contributed by atoms with E-state index in [1.54, 1.807) is 18.6 Å². The Morgan fingerprint density at radius 2 is 1.95 bits per heavy atom. The second-order valence-corrected chi connectivity index (χ2v) is 4.88. The quantitative estimate of drug-likeness (QED) is 0.803. The first-order valence-electron chi connectivity index (χ1n) is 6.19. The van der Waals surface area contributed by atoms with Crippen LogP contribution in [0.25, 0.3) is 11.3 Å². The van der Waals surface area contributed by atoms with Crippen LogP contribution in [-0.4, -0.2) is 14.5 Å². The molecule has 0 bridgehead atoms. The van der Waals surface area contributed by atoms with Crippen LogP contribution in [0, 0.1) is 0 Å². The number of aromatic nitrogens is 3. The molecule has 1 aromatic carbocycles. The Hall–Kier alpha value is -2.33. The molecule has 4 nitrogen and oxygen atoms in total. The zero-order valence-electron chi connectivity index (χ0n) is 10.7. The summed E-state index contributed by atoms with van der Waals surface area (Å²) in [6.45, 7) is 0.666. The minimum absolute atomic E-state index is 0.505. The fourth-order valence-corrected chi connectivity index (χ4v) is 2.25. The minimum atomic E-state index is 0.505. The molecule has 2 N–H and O–H groups in total. The predicted octanol–water partition coefficient (Wildman–Crippen LogP) is 3.23. The van der Waals surface area contributed by atoms with Crippen molar-refractivity contribution in [3.63, 3.8) is 0 Å². The number of hydrogen-bond acceptors (Lipinski definition) is 3. The summed E-state index contributed by atoms with van der Waals surface area (Å²) in [7, 11) is 0. The van der Waals surface area contributed by atoms with Gasteiger partial charge in [-0.3, -0.25) is 0 Å². The van der Waals surface area contributed by atoms with Crippen LogP contribution in [0.1, 0.15) is 5.56 Å². The Labute approximate surface area is 121 Å². The number of nitrogen functional groups attached to an aromatic ring is 1. The molecular weight excluding hydrogens is 272 g/mol. The average molecular weight is 285 g/mol. The first kappa shape index (κ1) is 12.7. The zero-order valence-corrected chi connectivity index (χ0v) is 11.5. The van der Waals surface area contributed by atoms with E-state index in [4.69, 9.17) is 17.3 Å². The van der Waals surface area contributed by atoms with Crippen LogP contribution in [0.15, 0.2) is 55.1 Å². The number of anilines is 1. The van der Waals surface area contributed by atoms with Crippen LogP contribution < -0.4 is 5.73 Å². The molecule has 20 heavy (non-hydrogen) atoms. The maximum Gasteiger partial charge on any atom is 0.123 e. The highest BCUT2D eigenvalue weighted by atomic mass is 35.5. The SMILES string of the molecule is Nc1ccc(-c2cncn2Cc2ccccc2Cl)cn1. The van der Waals surface area contributed by atoms with Crippen molar-refractivity contribution in [2.45, 2.75) is 6.54 Å². The molecule has 0 fully saturated rings. The maximum atomic E-state index is 6.20. The highest BCUT2D eigenvalue weighted by Gasteiger charge is 2.07. The van der Waals surface area contributed by atoms with E-state index < -0.39 is 0 Å². The summed E-state index contributed by atoms with van der Waals surface area (Å²) in [5.41, 5.74) is 8.62. The van der Waals surface area contributed by atoms with Gasteiger partial charge in [0.25, 0.3) is 0 Å². The van der Waals surface area contributed by atoms with E-state index in [0.29, 0.717) is 12.4 Å². The van der Waals surface area contributed by atoms with Crippen LogP contribution in [0.3, 0.4) is 0 Å². The van der Waals surface area contributed by atoms with Gasteiger partial charge >= 0.3 is 0 Å². The molecule has 0 unspecified atom stereocenters. The first-order valence-corrected chi connectivity index (χ1v) is 6.57. The van der Waals surface area contributed by atoms with Crippen molar-refractivity contribution in [3.8, 4) is 11.3 Å². The lowest BCUT2D eigenvalue weighted by Crippen LogP contribution is -2.01. The monoisotopic (exact) mass is 284 g/mol. The van der Waals surface area contributed by atoms with E-state index in [9.17, 15) is 0 Å². The van der Waals surface area contributed by atoms with Gasteiger partial charge in [0.1, 0.15) is 5.82 Å². The van der Waals surface area contributed by atoms with Crippen LogP contribution in [0.2, 0.25) is 5.02 Å². The summed E-state index contributed by atoms with van der Waals surface area (Å²) in [4.78, 5) is 8.32. The summed E-state index contributed by atoms with van der Waals surface area (Å²) in [5, 5.41) is 0.752. The normalized spacial score (nSPS) is 10.7. The molecule has 0 radical (unpaired) electrons. The fraction of sp³-hybridized carbons (Fsp3) is 0.0667. The molecule has 0 amide bonds. The van der Waals surface area contributed by atoms with Crippen molar-refractivity contribution < 1.29 is 0 Å². The van der Waals surface area contributed by atoms with E-state index in [0.717, 1.165) is 21.8 Å². The number of rotatable bonds is 3. The molecule has 0 aliphatic rings. The molecule has 3 rings (SSSR count). The van der Waals surface area contributed by atoms with Crippen LogP contribution in [0.5, 0.6) is 0 Å². The second kappa shape index (κ2) is 5.35. The van der Waals surface area contributed by atoms with Crippen LogP contribution >= 0.6 is 11.6 Å². The lowest BCUT2D eigenvalue weighted by molar-refractivity contribution is 0.804. The molecular formula is C15H13ClN4. The largest absolute Gasteiger partial charge is 0.384 e. The summed E-state index contributed by atoms with van der Waals surface area (Å²) in [5.74, 6) is 0.505. The number of imidazole rings is 1. The van der Waals surface area contributed by atoms with Crippen molar-refractivity contribution in [2.75, 3.05) is 5.73 Å². The number of halogens is 1. The Morgan fingerprint density at radius 3 is 2.70 bits per heavy atom. The van der Waals surface area contributed by atoms with Gasteiger partial charge in [-0.1, -0.05) is 29.8 Å². The molecule has 100 valence electrons. The minimum Gasteiger partial charge on any atom is -0.384 e. The van der Waals surface area contributed by atoms with E-state index >= 15 is 0 Å². The molecule has 3 aromatic rings. The molecule has 0 aliphatic carbocycles. The molecule has 2 heterocycles. The number of benzene rings is 1. The van der Waals surface area contributed by atoms with Gasteiger partial charge in [0.05, 0.1) is 24.8 Å². The summed E-state index contributed by atoms with van der Waals surface area (Å²) >= 11 is 6.20. The number of hydrogen-bond donors (Lipinski definition) is 1. The number of nitrogens with zero attached hydrogens (tertiary/aromatic N) is 3. The van der Waals surface area contributed by atoms with E-state index in [1.165, 1.54) is 0 Å². The van der Waals surface area contributed by atoms with E-state index in [2.05, 4.69) is 9.97 Å². The Morgan fingerprint density at radius 1 is 1.10 bits per heavy atom. The topological polar surface area (TPSA) is 56.7 Å². The van der Waals surface area contributed by atoms with Gasteiger partial charge in [0.2, 0.25) is 0 Å². The highest BCUT2D eigenvalue weighted by Crippen LogP contribution is 2.22. The smallest absolute Gasteiger partial charge is 0.123 e. The molecule has 0 atom stereocenters. The Balaban J connectivity index is 1.95. The van der Waals surface area contributed by atoms with Crippen molar-refractivity contribution in [2.24, 2.45) is 0 Å². The van der Waals surface area contributed by atoms with E-state index in [1.807, 2.05) is 41.1 Å². The highest BCUT2D eigenvalue weighted by molar-refractivity contribution is 6.31. The molecule has 0 spiro atoms. The van der Waals surface area contributed by atoms with Crippen molar-refractivity contribution in [3.05, 3.63) is 65.7 Å². The fourth-order valence-electron chi connectivity index (χ4n) is 2.05. The molecule has 0 saturated carbocycles. The van der Waals surface area contributed by atoms with Gasteiger partial charge in [-0.2, -0.15) is 0 Å². The average Bonchev–Trinajstić information content (AvgIpc) is 2.90. The van der Waals surface area contributed by atoms with Gasteiger partial charge in [0, 0.05) is 16.8 Å². The second-order valence-electron chi connectivity index (χ2n) is 4.47. The predicted molar refractivity (Wildman–Crippen MR) is 80.4 cm³/mol. The number of pyridine rings is 1. The molecule has 5 heteroatoms. The Bertz CT molecular complexity index is 719. The lowest BCUT2D eigenvalue weighted by atomic mass is 10.2. The summed E-state index contributed by atoms with van der Waals surface area (Å²) in [6.07, 6.45) is 5.34. The van der Waals surface area contributed by atoms with Gasteiger partial charge in [-0.25, -0.2) is 9.97 Å². The molecule has 0 aliphatic heterocycles. The first-order chi connectivity index (χ1) is 9.74. The standard InChI is InChI=1S/C15H13ClN4/c16-13-4-2-1-3-12(13)9-20-10-18-8-14(20)11-5-6-15(17)19-7-11/h1-8,10H,9H2,(H2,17,19). The number of nitrogens with two attached hydrogens (primary N) is 1. The summed E-state index contributed by atoms with van der Waals surface area (Å²) < 4.78 is 2.04. The van der Waals surface area contributed by atoms with Crippen LogP contribution in [-0.2, 0) is 6.54 Å². The van der Waals surface area contributed by atoms with Crippen molar-refractivity contribution in [1.29, 1.82) is 0 Å². The van der Waals surface area contributed by atoms with Gasteiger partial charge < -0.3 is 10.3 Å². The van der Waals surface area contributed by atoms with Gasteiger partial charge in [0.15, 0.2) is 0 Å². The third-order valence-electron chi connectivity index (χ3n) is 3.09.